The predicted octanol–water partition coefficient (Wildman–Crippen LogP) is 5.98. The van der Waals surface area contributed by atoms with Crippen molar-refractivity contribution in [2.45, 2.75) is 20.5 Å². The van der Waals surface area contributed by atoms with E-state index in [9.17, 15) is 10.1 Å². The first-order valence-electron chi connectivity index (χ1n) is 8.79. The number of benzene rings is 2. The Morgan fingerprint density at radius 3 is 2.54 bits per heavy atom. The topological polar surface area (TPSA) is 59.3 Å². The Labute approximate surface area is 174 Å². The zero-order valence-electron chi connectivity index (χ0n) is 15.5. The second-order valence-corrected chi connectivity index (χ2v) is 8.21. The van der Waals surface area contributed by atoms with Crippen LogP contribution in [-0.2, 0) is 16.1 Å². The van der Waals surface area contributed by atoms with Gasteiger partial charge in [-0.1, -0.05) is 67.4 Å². The molecule has 1 saturated carbocycles. The van der Waals surface area contributed by atoms with Gasteiger partial charge in [0.05, 0.1) is 5.92 Å². The number of carbonyl (C=O) groups is 1. The lowest BCUT2D eigenvalue weighted by Gasteiger charge is -2.11. The summed E-state index contributed by atoms with van der Waals surface area (Å²) in [5.74, 6) is 0.339. The number of halogens is 2. The normalized spacial score (nSPS) is 19.2. The van der Waals surface area contributed by atoms with Crippen LogP contribution < -0.4 is 4.74 Å². The molecule has 2 aromatic carbocycles. The maximum Gasteiger partial charge on any atom is 0.310 e. The zero-order valence-corrected chi connectivity index (χ0v) is 17.0. The van der Waals surface area contributed by atoms with Crippen molar-refractivity contribution in [1.82, 2.24) is 0 Å². The first kappa shape index (κ1) is 20.3. The summed E-state index contributed by atoms with van der Waals surface area (Å²) in [7, 11) is 0. The van der Waals surface area contributed by atoms with Crippen LogP contribution in [0.4, 0.5) is 0 Å². The molecule has 0 N–H and O–H groups in total. The fraction of sp³-hybridized carbons (Fsp3) is 0.273. The molecule has 2 unspecified atom stereocenters. The average Bonchev–Trinajstić information content (AvgIpc) is 3.19. The summed E-state index contributed by atoms with van der Waals surface area (Å²) in [6.07, 6.45) is 1.67. The van der Waals surface area contributed by atoms with Crippen molar-refractivity contribution in [2.75, 3.05) is 0 Å². The number of hydrogen-bond acceptors (Lipinski definition) is 4. The number of carbonyl (C=O) groups excluding carboxylic acids is 1. The van der Waals surface area contributed by atoms with E-state index in [1.54, 1.807) is 36.4 Å². The van der Waals surface area contributed by atoms with Crippen LogP contribution >= 0.6 is 23.2 Å². The maximum atomic E-state index is 12.5. The van der Waals surface area contributed by atoms with Crippen molar-refractivity contribution in [2.24, 2.45) is 17.3 Å². The summed E-state index contributed by atoms with van der Waals surface area (Å²) in [6.45, 7) is 3.92. The van der Waals surface area contributed by atoms with Crippen LogP contribution in [0.5, 0.6) is 11.5 Å². The molecular weight excluding hydrogens is 397 g/mol. The molecule has 2 aromatic rings. The van der Waals surface area contributed by atoms with Gasteiger partial charge in [0.2, 0.25) is 0 Å². The van der Waals surface area contributed by atoms with E-state index in [4.69, 9.17) is 32.7 Å². The van der Waals surface area contributed by atoms with Crippen LogP contribution in [0.3, 0.4) is 0 Å². The zero-order chi connectivity index (χ0) is 20.3. The highest BCUT2D eigenvalue weighted by Crippen LogP contribution is 2.60. The summed E-state index contributed by atoms with van der Waals surface area (Å²) < 4.78 is 11.4. The van der Waals surface area contributed by atoms with E-state index >= 15 is 0 Å². The van der Waals surface area contributed by atoms with Gasteiger partial charge in [-0.25, -0.2) is 0 Å². The third-order valence-electron chi connectivity index (χ3n) is 5.04. The molecule has 28 heavy (non-hydrogen) atoms. The Balaban J connectivity index is 1.71. The minimum Gasteiger partial charge on any atom is -0.461 e. The van der Waals surface area contributed by atoms with Gasteiger partial charge in [-0.15, -0.1) is 0 Å². The molecule has 0 aromatic heterocycles. The van der Waals surface area contributed by atoms with Crippen molar-refractivity contribution in [3.05, 3.63) is 70.2 Å². The van der Waals surface area contributed by atoms with Gasteiger partial charge in [-0.05, 0) is 35.6 Å². The van der Waals surface area contributed by atoms with Gasteiger partial charge in [-0.2, -0.15) is 5.26 Å². The summed E-state index contributed by atoms with van der Waals surface area (Å²) in [4.78, 5) is 12.5. The van der Waals surface area contributed by atoms with Gasteiger partial charge < -0.3 is 9.47 Å². The molecule has 0 radical (unpaired) electrons. The number of nitriles is 1. The van der Waals surface area contributed by atoms with Crippen molar-refractivity contribution in [3.63, 3.8) is 0 Å². The number of rotatable bonds is 6. The van der Waals surface area contributed by atoms with E-state index in [2.05, 4.69) is 6.07 Å². The lowest BCUT2D eigenvalue weighted by molar-refractivity contribution is -0.147. The number of ether oxygens (including phenoxy) is 2. The highest BCUT2D eigenvalue weighted by atomic mass is 35.5. The second-order valence-electron chi connectivity index (χ2n) is 7.21. The molecule has 1 aliphatic rings. The SMILES string of the molecule is CC1(C)C(C=C(Cl)Cl)C1C(=O)OCc1cccc(Oc2ccccc2)c1C#N. The summed E-state index contributed by atoms with van der Waals surface area (Å²) in [5.41, 5.74) is 0.669. The number of nitrogens with zero attached hydrogens (tertiary/aromatic N) is 1. The van der Waals surface area contributed by atoms with Crippen LogP contribution in [0.1, 0.15) is 25.0 Å². The average molecular weight is 416 g/mol. The summed E-state index contributed by atoms with van der Waals surface area (Å²) >= 11 is 11.5. The number of allylic oxidation sites excluding steroid dienone is 1. The van der Waals surface area contributed by atoms with E-state index in [0.29, 0.717) is 22.6 Å². The molecule has 144 valence electrons. The van der Waals surface area contributed by atoms with Crippen molar-refractivity contribution >= 4 is 29.2 Å². The molecule has 1 fully saturated rings. The maximum absolute atomic E-state index is 12.5. The molecule has 6 heteroatoms. The Hall–Kier alpha value is -2.48. The molecular formula is C22H19Cl2NO3. The van der Waals surface area contributed by atoms with E-state index in [0.717, 1.165) is 0 Å². The van der Waals surface area contributed by atoms with Crippen LogP contribution in [0.25, 0.3) is 0 Å². The summed E-state index contributed by atoms with van der Waals surface area (Å²) in [6, 6.07) is 16.6. The molecule has 0 aliphatic heterocycles. The van der Waals surface area contributed by atoms with Gasteiger partial charge in [0.25, 0.3) is 0 Å². The standard InChI is InChI=1S/C22H19Cl2NO3/c1-22(2)17(11-19(23)24)20(22)21(26)27-13-14-7-6-10-18(16(14)12-25)28-15-8-4-3-5-9-15/h3-11,17,20H,13H2,1-2H3. The number of esters is 1. The second kappa shape index (κ2) is 8.26. The van der Waals surface area contributed by atoms with E-state index in [1.165, 1.54) is 0 Å². The van der Waals surface area contributed by atoms with Crippen LogP contribution in [0, 0.1) is 28.6 Å². The van der Waals surface area contributed by atoms with E-state index in [-0.39, 0.29) is 34.3 Å². The van der Waals surface area contributed by atoms with Gasteiger partial charge in [0.1, 0.15) is 34.2 Å². The largest absolute Gasteiger partial charge is 0.461 e. The van der Waals surface area contributed by atoms with Gasteiger partial charge in [0.15, 0.2) is 0 Å². The Bertz CT molecular complexity index is 944. The molecule has 2 atom stereocenters. The minimum atomic E-state index is -0.334. The van der Waals surface area contributed by atoms with Crippen LogP contribution in [0.15, 0.2) is 59.1 Å². The highest BCUT2D eigenvalue weighted by Gasteiger charge is 2.61. The van der Waals surface area contributed by atoms with Crippen LogP contribution in [-0.4, -0.2) is 5.97 Å². The Kier molecular flexibility index (Phi) is 5.98. The third kappa shape index (κ3) is 4.32. The molecule has 0 heterocycles. The van der Waals surface area contributed by atoms with E-state index in [1.807, 2.05) is 32.0 Å². The van der Waals surface area contributed by atoms with Crippen molar-refractivity contribution in [1.29, 1.82) is 5.26 Å². The Morgan fingerprint density at radius 2 is 1.89 bits per heavy atom. The van der Waals surface area contributed by atoms with Crippen molar-refractivity contribution < 1.29 is 14.3 Å². The minimum absolute atomic E-state index is 0.00859. The summed E-state index contributed by atoms with van der Waals surface area (Å²) in [5, 5.41) is 9.58. The lowest BCUT2D eigenvalue weighted by Crippen LogP contribution is -2.11. The lowest BCUT2D eigenvalue weighted by atomic mass is 10.1. The van der Waals surface area contributed by atoms with Gasteiger partial charge >= 0.3 is 5.97 Å². The number of hydrogen-bond donors (Lipinski definition) is 0. The quantitative estimate of drug-likeness (QED) is 0.543. The first-order valence-corrected chi connectivity index (χ1v) is 9.54. The van der Waals surface area contributed by atoms with Crippen LogP contribution in [0.2, 0.25) is 0 Å². The number of para-hydroxylation sites is 1. The monoisotopic (exact) mass is 415 g/mol. The van der Waals surface area contributed by atoms with Gasteiger partial charge in [0, 0.05) is 5.56 Å². The van der Waals surface area contributed by atoms with E-state index < -0.39 is 0 Å². The molecule has 1 aliphatic carbocycles. The molecule has 3 rings (SSSR count). The van der Waals surface area contributed by atoms with Gasteiger partial charge in [-0.3, -0.25) is 4.79 Å². The molecule has 0 bridgehead atoms. The molecule has 0 saturated heterocycles. The molecule has 0 amide bonds. The Morgan fingerprint density at radius 1 is 1.18 bits per heavy atom. The van der Waals surface area contributed by atoms with Crippen molar-refractivity contribution in [3.8, 4) is 17.6 Å². The third-order valence-corrected chi connectivity index (χ3v) is 5.29. The highest BCUT2D eigenvalue weighted by molar-refractivity contribution is 6.55. The molecule has 0 spiro atoms. The fourth-order valence-corrected chi connectivity index (χ4v) is 3.61. The fourth-order valence-electron chi connectivity index (χ4n) is 3.34. The molecule has 4 nitrogen and oxygen atoms in total. The smallest absolute Gasteiger partial charge is 0.310 e. The first-order chi connectivity index (χ1) is 13.3. The predicted molar refractivity (Wildman–Crippen MR) is 108 cm³/mol.